The van der Waals surface area contributed by atoms with Crippen molar-refractivity contribution in [2.24, 2.45) is 15.7 Å². The van der Waals surface area contributed by atoms with Crippen molar-refractivity contribution in [2.75, 3.05) is 45.9 Å². The molecule has 314 valence electrons. The molecule has 0 aliphatic heterocycles. The number of ether oxygens (including phenoxy) is 2. The number of amides is 1. The van der Waals surface area contributed by atoms with Crippen LogP contribution in [0.4, 0.5) is 4.79 Å². The lowest BCUT2D eigenvalue weighted by atomic mass is 9.86. The maximum absolute atomic E-state index is 14.1. The number of furan rings is 1. The van der Waals surface area contributed by atoms with Gasteiger partial charge in [0.05, 0.1) is 34.7 Å². The van der Waals surface area contributed by atoms with Crippen LogP contribution >= 0.6 is 11.6 Å². The van der Waals surface area contributed by atoms with E-state index in [1.165, 1.54) is 0 Å². The van der Waals surface area contributed by atoms with Gasteiger partial charge in [0.2, 0.25) is 0 Å². The summed E-state index contributed by atoms with van der Waals surface area (Å²) in [6.07, 6.45) is 0.240. The van der Waals surface area contributed by atoms with Gasteiger partial charge in [-0.15, -0.1) is 0 Å². The number of oxime groups is 2. The molecule has 1 heterocycles. The number of carbonyl (C=O) groups is 2. The predicted molar refractivity (Wildman–Crippen MR) is 231 cm³/mol. The second-order valence-corrected chi connectivity index (χ2v) is 16.4. The van der Waals surface area contributed by atoms with Crippen LogP contribution in [0.5, 0.6) is 11.5 Å². The van der Waals surface area contributed by atoms with E-state index in [1.54, 1.807) is 80.6 Å². The maximum Gasteiger partial charge on any atom is 0.412 e. The van der Waals surface area contributed by atoms with Gasteiger partial charge in [0.15, 0.2) is 5.78 Å². The zero-order valence-electron chi connectivity index (χ0n) is 35.2. The van der Waals surface area contributed by atoms with E-state index in [2.05, 4.69) is 45.0 Å². The minimum absolute atomic E-state index is 0.206. The van der Waals surface area contributed by atoms with E-state index in [-0.39, 0.29) is 18.1 Å². The van der Waals surface area contributed by atoms with Crippen molar-refractivity contribution in [1.82, 2.24) is 20.9 Å². The first kappa shape index (κ1) is 45.7. The molecule has 0 unspecified atom stereocenters. The summed E-state index contributed by atoms with van der Waals surface area (Å²) in [5.41, 5.74) is 1.12. The van der Waals surface area contributed by atoms with Crippen molar-refractivity contribution in [1.29, 1.82) is 0 Å². The summed E-state index contributed by atoms with van der Waals surface area (Å²) in [4.78, 5) is 29.6. The molecule has 58 heavy (non-hydrogen) atoms. The van der Waals surface area contributed by atoms with Crippen molar-refractivity contribution < 1.29 is 33.9 Å². The highest BCUT2D eigenvalue weighted by atomic mass is 35.5. The molecule has 0 bridgehead atoms. The van der Waals surface area contributed by atoms with Gasteiger partial charge in [-0.25, -0.2) is 4.79 Å². The molecule has 0 atom stereocenters. The van der Waals surface area contributed by atoms with Crippen LogP contribution in [0.3, 0.4) is 0 Å². The summed E-state index contributed by atoms with van der Waals surface area (Å²) in [7, 11) is 0. The molecule has 1 aromatic heterocycles. The van der Waals surface area contributed by atoms with Crippen LogP contribution < -0.4 is 25.4 Å². The van der Waals surface area contributed by atoms with Gasteiger partial charge in [0.1, 0.15) is 22.8 Å². The summed E-state index contributed by atoms with van der Waals surface area (Å²) in [5.74, 6) is 1.10. The Balaban J connectivity index is 1.48. The van der Waals surface area contributed by atoms with Gasteiger partial charge in [-0.05, 0) is 128 Å². The van der Waals surface area contributed by atoms with Crippen LogP contribution in [0, 0.1) is 5.41 Å². The molecule has 0 saturated heterocycles. The minimum Gasteiger partial charge on any atom is -0.494 e. The van der Waals surface area contributed by atoms with Crippen molar-refractivity contribution in [3.05, 3.63) is 82.9 Å². The highest BCUT2D eigenvalue weighted by Crippen LogP contribution is 2.37. The number of hydrogen-bond donors (Lipinski definition) is 5. The van der Waals surface area contributed by atoms with E-state index in [4.69, 9.17) is 25.5 Å². The average molecular weight is 819 g/mol. The summed E-state index contributed by atoms with van der Waals surface area (Å²) >= 11 is 6.39. The Morgan fingerprint density at radius 3 is 1.93 bits per heavy atom. The van der Waals surface area contributed by atoms with E-state index in [0.29, 0.717) is 75.3 Å². The molecular weight excluding hydrogens is 760 g/mol. The summed E-state index contributed by atoms with van der Waals surface area (Å²) in [6, 6.07) is 19.0. The Labute approximate surface area is 346 Å². The standard InChI is InChI=1S/C44H59ClN6O7/c1-10-51(11-2)23-12-24-56-34-18-13-31(14-19-34)39(52)38-36-25-33(45)17-22-37(36)58-40(38)32-15-20-35(21-16-32)57-41(53)46-26-44(9,27-47-42(5,6)29(3)49-54)28-48-43(7,8)30(4)50-55/h13-22,25,47-48,54-55H,10-12,23-24,26-28H2,1-9H3,(H,46,53)/b49-29+,50-30+. The monoisotopic (exact) mass is 818 g/mol. The second kappa shape index (κ2) is 20.1. The van der Waals surface area contributed by atoms with E-state index in [0.717, 1.165) is 26.1 Å². The third kappa shape index (κ3) is 12.0. The Kier molecular flexibility index (Phi) is 15.9. The molecule has 1 amide bonds. The van der Waals surface area contributed by atoms with Gasteiger partial charge < -0.3 is 45.2 Å². The summed E-state index contributed by atoms with van der Waals surface area (Å²) < 4.78 is 17.9. The quantitative estimate of drug-likeness (QED) is 0.0180. The fraction of sp³-hybridized carbons (Fsp3) is 0.455. The molecule has 0 spiro atoms. The van der Waals surface area contributed by atoms with E-state index in [1.807, 2.05) is 34.6 Å². The molecule has 4 aromatic rings. The first-order valence-corrected chi connectivity index (χ1v) is 20.0. The van der Waals surface area contributed by atoms with Crippen LogP contribution in [0.1, 0.15) is 84.7 Å². The molecule has 14 heteroatoms. The van der Waals surface area contributed by atoms with Gasteiger partial charge in [0.25, 0.3) is 0 Å². The average Bonchev–Trinajstić information content (AvgIpc) is 3.59. The van der Waals surface area contributed by atoms with Crippen molar-refractivity contribution in [3.63, 3.8) is 0 Å². The van der Waals surface area contributed by atoms with E-state index in [9.17, 15) is 20.0 Å². The number of benzene rings is 3. The Hall–Kier alpha value is -4.95. The molecule has 0 aliphatic rings. The first-order valence-electron chi connectivity index (χ1n) is 19.6. The van der Waals surface area contributed by atoms with Crippen LogP contribution in [0.15, 0.2) is 81.5 Å². The zero-order chi connectivity index (χ0) is 42.7. The highest BCUT2D eigenvalue weighted by Gasteiger charge is 2.33. The van der Waals surface area contributed by atoms with E-state index < -0.39 is 22.6 Å². The Morgan fingerprint density at radius 1 is 0.810 bits per heavy atom. The number of carbonyl (C=O) groups excluding carboxylic acids is 2. The molecule has 0 radical (unpaired) electrons. The third-order valence-electron chi connectivity index (χ3n) is 10.8. The molecule has 5 N–H and O–H groups in total. The van der Waals surface area contributed by atoms with Crippen LogP contribution in [0.2, 0.25) is 5.02 Å². The van der Waals surface area contributed by atoms with Gasteiger partial charge in [-0.2, -0.15) is 0 Å². The van der Waals surface area contributed by atoms with Gasteiger partial charge in [0, 0.05) is 53.1 Å². The van der Waals surface area contributed by atoms with Crippen LogP contribution in [-0.2, 0) is 0 Å². The number of hydrogen-bond acceptors (Lipinski definition) is 12. The van der Waals surface area contributed by atoms with Crippen molar-refractivity contribution >= 4 is 45.9 Å². The van der Waals surface area contributed by atoms with Crippen LogP contribution in [0.25, 0.3) is 22.3 Å². The molecule has 0 aliphatic carbocycles. The van der Waals surface area contributed by atoms with E-state index >= 15 is 0 Å². The summed E-state index contributed by atoms with van der Waals surface area (Å²) in [5, 5.41) is 36.3. The minimum atomic E-state index is -0.663. The number of halogens is 1. The fourth-order valence-corrected chi connectivity index (χ4v) is 6.20. The van der Waals surface area contributed by atoms with Crippen molar-refractivity contribution in [2.45, 2.75) is 79.8 Å². The van der Waals surface area contributed by atoms with Gasteiger partial charge in [-0.1, -0.05) is 42.7 Å². The number of rotatable bonds is 21. The smallest absolute Gasteiger partial charge is 0.412 e. The topological polar surface area (TPSA) is 170 Å². The normalized spacial score (nSPS) is 12.9. The Bertz CT molecular complexity index is 2020. The second-order valence-electron chi connectivity index (χ2n) is 15.9. The molecule has 13 nitrogen and oxygen atoms in total. The maximum atomic E-state index is 14.1. The zero-order valence-corrected chi connectivity index (χ0v) is 35.9. The third-order valence-corrected chi connectivity index (χ3v) is 11.0. The molecule has 0 fully saturated rings. The number of nitrogens with one attached hydrogen (secondary N) is 3. The predicted octanol–water partition coefficient (Wildman–Crippen LogP) is 8.63. The molecule has 4 rings (SSSR count). The SMILES string of the molecule is CCN(CC)CCCOc1ccc(C(=O)c2c(-c3ccc(OC(=O)NCC(C)(CNC(C)(C)/C(C)=N/O)CNC(C)(C)/C(C)=N/O)cc3)oc3ccc(Cl)cc23)cc1. The Morgan fingerprint density at radius 2 is 1.38 bits per heavy atom. The van der Waals surface area contributed by atoms with Gasteiger partial charge in [-0.3, -0.25) is 4.79 Å². The summed E-state index contributed by atoms with van der Waals surface area (Å²) in [6.45, 7) is 21.9. The van der Waals surface area contributed by atoms with Gasteiger partial charge >= 0.3 is 6.09 Å². The lowest BCUT2D eigenvalue weighted by Gasteiger charge is -2.38. The fourth-order valence-electron chi connectivity index (χ4n) is 6.03. The highest BCUT2D eigenvalue weighted by molar-refractivity contribution is 6.32. The first-order chi connectivity index (χ1) is 27.5. The molecular formula is C44H59ClN6O7. The molecule has 3 aromatic carbocycles. The lowest BCUT2D eigenvalue weighted by molar-refractivity contribution is 0.104. The largest absolute Gasteiger partial charge is 0.494 e. The van der Waals surface area contributed by atoms with Crippen LogP contribution in [-0.4, -0.2) is 95.6 Å². The number of ketones is 1. The molecule has 0 saturated carbocycles. The van der Waals surface area contributed by atoms with Crippen molar-refractivity contribution in [3.8, 4) is 22.8 Å². The number of fused-ring (bicyclic) bond motifs is 1. The number of nitrogens with zero attached hydrogens (tertiary/aromatic N) is 3. The lowest BCUT2D eigenvalue weighted by Crippen LogP contribution is -2.57.